The van der Waals surface area contributed by atoms with Crippen LogP contribution in [0.1, 0.15) is 24.5 Å². The van der Waals surface area contributed by atoms with Gasteiger partial charge in [0.2, 0.25) is 0 Å². The highest BCUT2D eigenvalue weighted by Crippen LogP contribution is 2.15. The van der Waals surface area contributed by atoms with Crippen LogP contribution in [0.2, 0.25) is 0 Å². The normalized spacial score (nSPS) is 13.0. The van der Waals surface area contributed by atoms with Gasteiger partial charge in [-0.25, -0.2) is 12.8 Å². The third kappa shape index (κ3) is 3.79. The van der Waals surface area contributed by atoms with Crippen molar-refractivity contribution in [2.45, 2.75) is 25.1 Å². The number of hydrogen-bond donors (Lipinski definition) is 1. The Kier molecular flexibility index (Phi) is 4.82. The van der Waals surface area contributed by atoms with Gasteiger partial charge in [0.15, 0.2) is 9.84 Å². The Morgan fingerprint density at radius 3 is 2.72 bits per heavy atom. The highest BCUT2D eigenvalue weighted by atomic mass is 32.2. The fraction of sp³-hybridized carbons (Fsp3) is 0.417. The second-order valence-corrected chi connectivity index (χ2v) is 6.22. The van der Waals surface area contributed by atoms with Gasteiger partial charge in [-0.3, -0.25) is 0 Å². The average Bonchev–Trinajstić information content (AvgIpc) is 2.31. The van der Waals surface area contributed by atoms with Crippen LogP contribution in [0.5, 0.6) is 0 Å². The van der Waals surface area contributed by atoms with Gasteiger partial charge in [-0.05, 0) is 12.5 Å². The van der Waals surface area contributed by atoms with E-state index < -0.39 is 27.4 Å². The van der Waals surface area contributed by atoms with Gasteiger partial charge in [-0.2, -0.15) is 5.26 Å². The molecule has 1 rings (SSSR count). The predicted octanol–water partition coefficient (Wildman–Crippen LogP) is 1.35. The molecule has 1 atom stereocenters. The van der Waals surface area contributed by atoms with Crippen LogP contribution in [0.4, 0.5) is 4.39 Å². The van der Waals surface area contributed by atoms with Crippen LogP contribution in [0.25, 0.3) is 0 Å². The Balaban J connectivity index is 2.95. The first-order valence-corrected chi connectivity index (χ1v) is 7.35. The third-order valence-electron chi connectivity index (χ3n) is 2.57. The van der Waals surface area contributed by atoms with Gasteiger partial charge in [0.05, 0.1) is 17.1 Å². The van der Waals surface area contributed by atoms with Crippen LogP contribution in [-0.4, -0.2) is 20.2 Å². The number of hydrogen-bond acceptors (Lipinski definition) is 4. The van der Waals surface area contributed by atoms with Gasteiger partial charge in [-0.15, -0.1) is 0 Å². The molecule has 0 aliphatic rings. The molecule has 0 amide bonds. The van der Waals surface area contributed by atoms with E-state index in [1.807, 2.05) is 0 Å². The molecular weight excluding hydrogens is 255 g/mol. The summed E-state index contributed by atoms with van der Waals surface area (Å²) in [7, 11) is -3.47. The van der Waals surface area contributed by atoms with Crippen LogP contribution >= 0.6 is 0 Å². The number of nitrogens with zero attached hydrogens (tertiary/aromatic N) is 1. The predicted molar refractivity (Wildman–Crippen MR) is 66.9 cm³/mol. The first kappa shape index (κ1) is 14.6. The van der Waals surface area contributed by atoms with Crippen molar-refractivity contribution in [2.75, 3.05) is 5.75 Å². The summed E-state index contributed by atoms with van der Waals surface area (Å²) in [4.78, 5) is 0. The fourth-order valence-electron chi connectivity index (χ4n) is 1.52. The standard InChI is InChI=1S/C12H15FN2O2S/c1-2-11(15)8-18(16,17)7-10-5-3-4-9(6-14)12(10)13/h3-5,11H,2,7-8,15H2,1H3. The molecule has 0 saturated carbocycles. The van der Waals surface area contributed by atoms with Gasteiger partial charge in [0, 0.05) is 11.6 Å². The van der Waals surface area contributed by atoms with E-state index >= 15 is 0 Å². The monoisotopic (exact) mass is 270 g/mol. The number of sulfone groups is 1. The maximum Gasteiger partial charge on any atom is 0.156 e. The van der Waals surface area contributed by atoms with Crippen molar-refractivity contribution in [1.82, 2.24) is 0 Å². The first-order valence-electron chi connectivity index (χ1n) is 5.53. The molecule has 4 nitrogen and oxygen atoms in total. The lowest BCUT2D eigenvalue weighted by Gasteiger charge is -2.10. The second kappa shape index (κ2) is 5.94. The van der Waals surface area contributed by atoms with Crippen molar-refractivity contribution in [2.24, 2.45) is 5.73 Å². The minimum absolute atomic E-state index is 0.0114. The van der Waals surface area contributed by atoms with Crippen LogP contribution in [0.3, 0.4) is 0 Å². The lowest BCUT2D eigenvalue weighted by Crippen LogP contribution is -2.29. The number of nitrogens with two attached hydrogens (primary N) is 1. The molecule has 0 saturated heterocycles. The zero-order valence-corrected chi connectivity index (χ0v) is 10.9. The highest BCUT2D eigenvalue weighted by Gasteiger charge is 2.19. The van der Waals surface area contributed by atoms with Crippen LogP contribution in [-0.2, 0) is 15.6 Å². The molecule has 98 valence electrons. The van der Waals surface area contributed by atoms with E-state index in [4.69, 9.17) is 11.0 Å². The molecule has 18 heavy (non-hydrogen) atoms. The van der Waals surface area contributed by atoms with E-state index in [2.05, 4.69) is 0 Å². The Morgan fingerprint density at radius 2 is 2.17 bits per heavy atom. The second-order valence-electron chi connectivity index (χ2n) is 4.11. The number of benzene rings is 1. The molecule has 0 aromatic heterocycles. The van der Waals surface area contributed by atoms with Gasteiger partial charge in [0.1, 0.15) is 11.9 Å². The van der Waals surface area contributed by atoms with Crippen molar-refractivity contribution in [1.29, 1.82) is 5.26 Å². The quantitative estimate of drug-likeness (QED) is 0.875. The zero-order chi connectivity index (χ0) is 13.8. The van der Waals surface area contributed by atoms with Crippen molar-refractivity contribution in [3.05, 3.63) is 35.1 Å². The minimum Gasteiger partial charge on any atom is -0.327 e. The maximum absolute atomic E-state index is 13.7. The molecule has 0 bridgehead atoms. The molecule has 1 aromatic carbocycles. The fourth-order valence-corrected chi connectivity index (χ4v) is 3.22. The zero-order valence-electron chi connectivity index (χ0n) is 10.1. The summed E-state index contributed by atoms with van der Waals surface area (Å²) >= 11 is 0. The average molecular weight is 270 g/mol. The summed E-state index contributed by atoms with van der Waals surface area (Å²) in [6.07, 6.45) is 0.542. The van der Waals surface area contributed by atoms with E-state index in [1.54, 1.807) is 13.0 Å². The Hall–Kier alpha value is -1.45. The SMILES string of the molecule is CCC(N)CS(=O)(=O)Cc1cccc(C#N)c1F. The summed E-state index contributed by atoms with van der Waals surface area (Å²) in [5, 5.41) is 8.67. The topological polar surface area (TPSA) is 84.0 Å². The van der Waals surface area contributed by atoms with E-state index in [-0.39, 0.29) is 16.9 Å². The van der Waals surface area contributed by atoms with Gasteiger partial charge in [0.25, 0.3) is 0 Å². The number of rotatable bonds is 5. The van der Waals surface area contributed by atoms with E-state index in [0.29, 0.717) is 6.42 Å². The lowest BCUT2D eigenvalue weighted by atomic mass is 10.1. The molecule has 1 unspecified atom stereocenters. The van der Waals surface area contributed by atoms with Gasteiger partial charge < -0.3 is 5.73 Å². The summed E-state index contributed by atoms with van der Waals surface area (Å²) in [6, 6.07) is 5.37. The molecule has 0 spiro atoms. The van der Waals surface area contributed by atoms with Crippen molar-refractivity contribution in [3.8, 4) is 6.07 Å². The van der Waals surface area contributed by atoms with E-state index in [0.717, 1.165) is 0 Å². The third-order valence-corrected chi connectivity index (χ3v) is 4.25. The van der Waals surface area contributed by atoms with Crippen LogP contribution in [0.15, 0.2) is 18.2 Å². The summed E-state index contributed by atoms with van der Waals surface area (Å²) in [5.74, 6) is -1.38. The molecule has 1 aromatic rings. The Labute approximate surface area is 106 Å². The molecule has 2 N–H and O–H groups in total. The molecule has 0 fully saturated rings. The molecule has 6 heteroatoms. The maximum atomic E-state index is 13.7. The molecule has 0 aliphatic heterocycles. The first-order chi connectivity index (χ1) is 8.39. The van der Waals surface area contributed by atoms with Gasteiger partial charge >= 0.3 is 0 Å². The summed E-state index contributed by atoms with van der Waals surface area (Å²) in [5.41, 5.74) is 5.44. The Bertz CT molecular complexity index is 564. The Morgan fingerprint density at radius 1 is 1.50 bits per heavy atom. The molecular formula is C12H15FN2O2S. The van der Waals surface area contributed by atoms with E-state index in [9.17, 15) is 12.8 Å². The lowest BCUT2D eigenvalue weighted by molar-refractivity contribution is 0.576. The molecule has 0 radical (unpaired) electrons. The largest absolute Gasteiger partial charge is 0.327 e. The molecule has 0 heterocycles. The van der Waals surface area contributed by atoms with Gasteiger partial charge in [-0.1, -0.05) is 19.1 Å². The smallest absolute Gasteiger partial charge is 0.156 e. The van der Waals surface area contributed by atoms with E-state index in [1.165, 1.54) is 18.2 Å². The van der Waals surface area contributed by atoms with Crippen molar-refractivity contribution >= 4 is 9.84 Å². The van der Waals surface area contributed by atoms with Crippen LogP contribution in [0, 0.1) is 17.1 Å². The summed E-state index contributed by atoms with van der Waals surface area (Å²) < 4.78 is 37.3. The highest BCUT2D eigenvalue weighted by molar-refractivity contribution is 7.90. The van der Waals surface area contributed by atoms with Crippen molar-refractivity contribution in [3.63, 3.8) is 0 Å². The number of nitriles is 1. The van der Waals surface area contributed by atoms with Crippen LogP contribution < -0.4 is 5.73 Å². The summed E-state index contributed by atoms with van der Waals surface area (Å²) in [6.45, 7) is 1.79. The number of halogens is 1. The van der Waals surface area contributed by atoms with Crippen molar-refractivity contribution < 1.29 is 12.8 Å². The minimum atomic E-state index is -3.47. The molecule has 0 aliphatic carbocycles.